The summed E-state index contributed by atoms with van der Waals surface area (Å²) < 4.78 is 10.1. The third kappa shape index (κ3) is 4.63. The molecule has 0 saturated carbocycles. The molecule has 0 aromatic heterocycles. The van der Waals surface area contributed by atoms with Gasteiger partial charge >= 0.3 is 6.16 Å². The zero-order valence-electron chi connectivity index (χ0n) is 13.3. The number of nitrogens with zero attached hydrogens (tertiary/aromatic N) is 2. The maximum Gasteiger partial charge on any atom is 0.509 e. The molecule has 1 aromatic carbocycles. The van der Waals surface area contributed by atoms with Crippen LogP contribution in [0.15, 0.2) is 18.2 Å². The van der Waals surface area contributed by atoms with Crippen LogP contribution in [0.5, 0.6) is 0 Å². The van der Waals surface area contributed by atoms with E-state index in [1.807, 2.05) is 6.92 Å². The Morgan fingerprint density at radius 3 is 2.35 bits per heavy atom. The van der Waals surface area contributed by atoms with Crippen LogP contribution in [-0.2, 0) is 15.1 Å². The Kier molecular flexibility index (Phi) is 5.61. The number of benzene rings is 1. The Morgan fingerprint density at radius 1 is 1.26 bits per heavy atom. The van der Waals surface area contributed by atoms with Crippen LogP contribution in [0.4, 0.5) is 16.2 Å². The van der Waals surface area contributed by atoms with Crippen molar-refractivity contribution in [3.8, 4) is 0 Å². The van der Waals surface area contributed by atoms with Crippen molar-refractivity contribution in [3.05, 3.63) is 44.0 Å². The van der Waals surface area contributed by atoms with Crippen LogP contribution in [0.3, 0.4) is 0 Å². The molecule has 0 N–H and O–H groups in total. The van der Waals surface area contributed by atoms with E-state index in [0.29, 0.717) is 6.42 Å². The first-order valence-electron chi connectivity index (χ1n) is 6.91. The van der Waals surface area contributed by atoms with Gasteiger partial charge in [-0.2, -0.15) is 0 Å². The predicted molar refractivity (Wildman–Crippen MR) is 80.1 cm³/mol. The predicted octanol–water partition coefficient (Wildman–Crippen LogP) is 3.69. The molecule has 23 heavy (non-hydrogen) atoms. The molecular formula is C14H18N2O7. The second kappa shape index (κ2) is 7.03. The van der Waals surface area contributed by atoms with Gasteiger partial charge in [-0.1, -0.05) is 6.92 Å². The normalized spacial score (nSPS) is 12.3. The minimum absolute atomic E-state index is 0.0363. The van der Waals surface area contributed by atoms with Crippen LogP contribution in [0, 0.1) is 20.2 Å². The molecule has 0 amide bonds. The highest BCUT2D eigenvalue weighted by Crippen LogP contribution is 2.35. The number of hydrogen-bond donors (Lipinski definition) is 0. The molecule has 0 fully saturated rings. The number of carbonyl (C=O) groups excluding carboxylic acids is 1. The molecular weight excluding hydrogens is 308 g/mol. The number of ether oxygens (including phenoxy) is 2. The van der Waals surface area contributed by atoms with Gasteiger partial charge in [0.05, 0.1) is 21.5 Å². The highest BCUT2D eigenvalue weighted by molar-refractivity contribution is 5.62. The number of carbonyl (C=O) groups is 1. The lowest BCUT2D eigenvalue weighted by molar-refractivity contribution is -0.395. The molecule has 0 bridgehead atoms. The van der Waals surface area contributed by atoms with Gasteiger partial charge in [0.25, 0.3) is 11.4 Å². The van der Waals surface area contributed by atoms with Crippen molar-refractivity contribution in [2.75, 3.05) is 0 Å². The van der Waals surface area contributed by atoms with Gasteiger partial charge in [0.1, 0.15) is 11.7 Å². The zero-order chi connectivity index (χ0) is 17.8. The van der Waals surface area contributed by atoms with Crippen LogP contribution in [0.25, 0.3) is 0 Å². The largest absolute Gasteiger partial charge is 0.509 e. The Hall–Kier alpha value is -2.71. The van der Waals surface area contributed by atoms with Crippen LogP contribution < -0.4 is 0 Å². The Bertz CT molecular complexity index is 628. The molecule has 0 heterocycles. The average Bonchev–Trinajstić information content (AvgIpc) is 2.45. The Balaban J connectivity index is 3.14. The first-order valence-corrected chi connectivity index (χ1v) is 6.91. The number of hydrogen-bond acceptors (Lipinski definition) is 7. The van der Waals surface area contributed by atoms with Gasteiger partial charge in [0, 0.05) is 6.07 Å². The molecule has 0 aliphatic heterocycles. The quantitative estimate of drug-likeness (QED) is 0.443. The Morgan fingerprint density at radius 2 is 1.87 bits per heavy atom. The summed E-state index contributed by atoms with van der Waals surface area (Å²) in [4.78, 5) is 32.2. The highest BCUT2D eigenvalue weighted by atomic mass is 16.7. The molecule has 0 aliphatic rings. The minimum Gasteiger partial charge on any atom is -0.431 e. The average molecular weight is 326 g/mol. The molecule has 1 atom stereocenters. The zero-order valence-corrected chi connectivity index (χ0v) is 13.3. The first kappa shape index (κ1) is 18.3. The fourth-order valence-electron chi connectivity index (χ4n) is 1.83. The second-order valence-corrected chi connectivity index (χ2v) is 5.41. The van der Waals surface area contributed by atoms with Crippen molar-refractivity contribution < 1.29 is 24.1 Å². The summed E-state index contributed by atoms with van der Waals surface area (Å²) >= 11 is 0. The summed E-state index contributed by atoms with van der Waals surface area (Å²) in [7, 11) is 0. The van der Waals surface area contributed by atoms with Crippen molar-refractivity contribution in [3.63, 3.8) is 0 Å². The van der Waals surface area contributed by atoms with Gasteiger partial charge in [-0.05, 0) is 33.3 Å². The molecule has 0 aliphatic carbocycles. The van der Waals surface area contributed by atoms with E-state index in [0.717, 1.165) is 12.1 Å². The van der Waals surface area contributed by atoms with Crippen molar-refractivity contribution in [1.29, 1.82) is 0 Å². The van der Waals surface area contributed by atoms with Crippen molar-refractivity contribution in [1.82, 2.24) is 0 Å². The summed E-state index contributed by atoms with van der Waals surface area (Å²) in [6.07, 6.45) is -0.727. The lowest BCUT2D eigenvalue weighted by Gasteiger charge is -2.25. The van der Waals surface area contributed by atoms with E-state index < -0.39 is 33.0 Å². The van der Waals surface area contributed by atoms with Crippen LogP contribution in [-0.4, -0.2) is 22.1 Å². The van der Waals surface area contributed by atoms with Gasteiger partial charge in [-0.15, -0.1) is 0 Å². The molecule has 9 heteroatoms. The molecule has 0 saturated heterocycles. The third-order valence-corrected chi connectivity index (χ3v) is 3.25. The van der Waals surface area contributed by atoms with Gasteiger partial charge < -0.3 is 9.47 Å². The number of non-ortho nitro benzene ring substituents is 1. The molecule has 1 rings (SSSR count). The molecule has 1 aromatic rings. The highest BCUT2D eigenvalue weighted by Gasteiger charge is 2.35. The second-order valence-electron chi connectivity index (χ2n) is 5.41. The summed E-state index contributed by atoms with van der Waals surface area (Å²) in [5.41, 5.74) is -2.27. The molecule has 0 spiro atoms. The van der Waals surface area contributed by atoms with Crippen LogP contribution >= 0.6 is 0 Å². The molecule has 126 valence electrons. The van der Waals surface area contributed by atoms with E-state index in [4.69, 9.17) is 9.47 Å². The summed E-state index contributed by atoms with van der Waals surface area (Å²) in [5, 5.41) is 21.9. The van der Waals surface area contributed by atoms with Crippen molar-refractivity contribution in [2.24, 2.45) is 0 Å². The monoisotopic (exact) mass is 326 g/mol. The molecule has 0 radical (unpaired) electrons. The number of nitro groups is 2. The smallest absolute Gasteiger partial charge is 0.431 e. The van der Waals surface area contributed by atoms with E-state index in [-0.39, 0.29) is 11.7 Å². The van der Waals surface area contributed by atoms with Gasteiger partial charge in [-0.3, -0.25) is 20.2 Å². The van der Waals surface area contributed by atoms with E-state index in [9.17, 15) is 25.0 Å². The van der Waals surface area contributed by atoms with Gasteiger partial charge in [0.15, 0.2) is 0 Å². The van der Waals surface area contributed by atoms with E-state index >= 15 is 0 Å². The molecule has 9 nitrogen and oxygen atoms in total. The maximum atomic E-state index is 11.7. The van der Waals surface area contributed by atoms with E-state index in [1.165, 1.54) is 19.9 Å². The number of nitro benzene ring substituents is 2. The van der Waals surface area contributed by atoms with E-state index in [1.54, 1.807) is 6.92 Å². The third-order valence-electron chi connectivity index (χ3n) is 3.25. The SMILES string of the molecule is CCC(C)OC(=O)OC(C)(C)c1ccc([N+](=O)[O-])cc1[N+](=O)[O-]. The summed E-state index contributed by atoms with van der Waals surface area (Å²) in [6.45, 7) is 6.39. The lowest BCUT2D eigenvalue weighted by atomic mass is 9.96. The van der Waals surface area contributed by atoms with Gasteiger partial charge in [0.2, 0.25) is 0 Å². The van der Waals surface area contributed by atoms with Crippen molar-refractivity contribution >= 4 is 17.5 Å². The maximum absolute atomic E-state index is 11.7. The van der Waals surface area contributed by atoms with Crippen LogP contribution in [0.2, 0.25) is 0 Å². The fourth-order valence-corrected chi connectivity index (χ4v) is 1.83. The number of rotatable bonds is 6. The fraction of sp³-hybridized carbons (Fsp3) is 0.500. The Labute approximate surface area is 132 Å². The van der Waals surface area contributed by atoms with Crippen molar-refractivity contribution in [2.45, 2.75) is 45.8 Å². The first-order chi connectivity index (χ1) is 10.6. The van der Waals surface area contributed by atoms with Crippen LogP contribution in [0.1, 0.15) is 39.7 Å². The summed E-state index contributed by atoms with van der Waals surface area (Å²) in [6, 6.07) is 3.15. The minimum atomic E-state index is -1.39. The van der Waals surface area contributed by atoms with Gasteiger partial charge in [-0.25, -0.2) is 4.79 Å². The van der Waals surface area contributed by atoms with E-state index in [2.05, 4.69) is 0 Å². The lowest BCUT2D eigenvalue weighted by Crippen LogP contribution is -2.28. The standard InChI is InChI=1S/C14H18N2O7/c1-5-9(2)22-13(17)23-14(3,4)11-7-6-10(15(18)19)8-12(11)16(20)21/h6-9H,5H2,1-4H3. The summed E-state index contributed by atoms with van der Waals surface area (Å²) in [5.74, 6) is 0. The topological polar surface area (TPSA) is 122 Å². The molecule has 1 unspecified atom stereocenters.